The van der Waals surface area contributed by atoms with E-state index in [1.165, 1.54) is 12.8 Å². The SMILES string of the molecule is CCC(COC)N(CC(=O)O)C1CCCC1. The van der Waals surface area contributed by atoms with Crippen molar-refractivity contribution in [3.8, 4) is 0 Å². The third kappa shape index (κ3) is 3.76. The first kappa shape index (κ1) is 13.5. The third-order valence-corrected chi connectivity index (χ3v) is 3.41. The fourth-order valence-electron chi connectivity index (χ4n) is 2.59. The van der Waals surface area contributed by atoms with Gasteiger partial charge in [-0.2, -0.15) is 0 Å². The highest BCUT2D eigenvalue weighted by molar-refractivity contribution is 5.69. The van der Waals surface area contributed by atoms with E-state index in [4.69, 9.17) is 9.84 Å². The number of ether oxygens (including phenoxy) is 1. The van der Waals surface area contributed by atoms with Crippen LogP contribution in [-0.2, 0) is 9.53 Å². The van der Waals surface area contributed by atoms with Gasteiger partial charge in [-0.15, -0.1) is 0 Å². The molecule has 0 bridgehead atoms. The predicted molar refractivity (Wildman–Crippen MR) is 62.6 cm³/mol. The third-order valence-electron chi connectivity index (χ3n) is 3.41. The summed E-state index contributed by atoms with van der Waals surface area (Å²) in [6.07, 6.45) is 5.66. The van der Waals surface area contributed by atoms with Crippen molar-refractivity contribution in [3.05, 3.63) is 0 Å². The Morgan fingerprint density at radius 1 is 1.50 bits per heavy atom. The van der Waals surface area contributed by atoms with Gasteiger partial charge in [0.2, 0.25) is 0 Å². The zero-order valence-electron chi connectivity index (χ0n) is 10.3. The van der Waals surface area contributed by atoms with Gasteiger partial charge in [-0.1, -0.05) is 19.8 Å². The van der Waals surface area contributed by atoms with Gasteiger partial charge < -0.3 is 9.84 Å². The van der Waals surface area contributed by atoms with Crippen LogP contribution in [0.5, 0.6) is 0 Å². The Morgan fingerprint density at radius 2 is 2.12 bits per heavy atom. The molecule has 1 aliphatic rings. The molecular formula is C12H23NO3. The lowest BCUT2D eigenvalue weighted by Gasteiger charge is -2.34. The zero-order valence-corrected chi connectivity index (χ0v) is 10.3. The molecule has 0 aromatic carbocycles. The minimum atomic E-state index is -0.735. The molecule has 1 rings (SSSR count). The summed E-state index contributed by atoms with van der Waals surface area (Å²) in [5, 5.41) is 8.97. The Morgan fingerprint density at radius 3 is 2.56 bits per heavy atom. The molecule has 16 heavy (non-hydrogen) atoms. The van der Waals surface area contributed by atoms with Crippen molar-refractivity contribution in [1.82, 2.24) is 4.90 Å². The molecule has 1 aliphatic carbocycles. The normalized spacial score (nSPS) is 19.2. The molecule has 0 saturated heterocycles. The summed E-state index contributed by atoms with van der Waals surface area (Å²) in [6.45, 7) is 2.86. The highest BCUT2D eigenvalue weighted by Crippen LogP contribution is 2.25. The summed E-state index contributed by atoms with van der Waals surface area (Å²) < 4.78 is 5.18. The van der Waals surface area contributed by atoms with E-state index >= 15 is 0 Å². The number of nitrogens with zero attached hydrogens (tertiary/aromatic N) is 1. The summed E-state index contributed by atoms with van der Waals surface area (Å²) in [5.74, 6) is -0.735. The maximum absolute atomic E-state index is 10.9. The van der Waals surface area contributed by atoms with E-state index in [-0.39, 0.29) is 12.6 Å². The van der Waals surface area contributed by atoms with E-state index in [0.29, 0.717) is 12.6 Å². The number of carbonyl (C=O) groups is 1. The van der Waals surface area contributed by atoms with Crippen LogP contribution < -0.4 is 0 Å². The second-order valence-electron chi connectivity index (χ2n) is 4.52. The smallest absolute Gasteiger partial charge is 0.317 e. The molecule has 0 aromatic rings. The molecule has 1 atom stereocenters. The molecule has 4 heteroatoms. The lowest BCUT2D eigenvalue weighted by molar-refractivity contribution is -0.140. The average molecular weight is 229 g/mol. The molecule has 1 fully saturated rings. The van der Waals surface area contributed by atoms with E-state index in [9.17, 15) is 4.79 Å². The molecule has 0 radical (unpaired) electrons. The maximum atomic E-state index is 10.9. The van der Waals surface area contributed by atoms with E-state index in [1.807, 2.05) is 0 Å². The van der Waals surface area contributed by atoms with Crippen molar-refractivity contribution in [2.45, 2.75) is 51.1 Å². The Balaban J connectivity index is 2.62. The number of hydrogen-bond acceptors (Lipinski definition) is 3. The van der Waals surface area contributed by atoms with Crippen molar-refractivity contribution >= 4 is 5.97 Å². The number of carboxylic acids is 1. The minimum absolute atomic E-state index is 0.145. The van der Waals surface area contributed by atoms with Crippen LogP contribution in [-0.4, -0.2) is 48.3 Å². The van der Waals surface area contributed by atoms with Gasteiger partial charge in [0.05, 0.1) is 13.2 Å². The van der Waals surface area contributed by atoms with Crippen LogP contribution in [0.1, 0.15) is 39.0 Å². The van der Waals surface area contributed by atoms with Crippen LogP contribution in [0.15, 0.2) is 0 Å². The molecule has 4 nitrogen and oxygen atoms in total. The van der Waals surface area contributed by atoms with E-state index < -0.39 is 5.97 Å². The number of carboxylic acid groups (broad SMARTS) is 1. The second kappa shape index (κ2) is 6.86. The van der Waals surface area contributed by atoms with Crippen molar-refractivity contribution in [3.63, 3.8) is 0 Å². The number of aliphatic carboxylic acids is 1. The van der Waals surface area contributed by atoms with Crippen LogP contribution in [0.2, 0.25) is 0 Å². The Kier molecular flexibility index (Phi) is 5.77. The first-order valence-corrected chi connectivity index (χ1v) is 6.15. The van der Waals surface area contributed by atoms with Gasteiger partial charge in [0.1, 0.15) is 0 Å². The first-order chi connectivity index (χ1) is 7.69. The van der Waals surface area contributed by atoms with E-state index in [2.05, 4.69) is 11.8 Å². The van der Waals surface area contributed by atoms with E-state index in [0.717, 1.165) is 19.3 Å². The molecule has 0 aliphatic heterocycles. The Bertz CT molecular complexity index is 214. The Labute approximate surface area is 97.6 Å². The molecule has 0 heterocycles. The molecule has 1 N–H and O–H groups in total. The van der Waals surface area contributed by atoms with Crippen LogP contribution in [0.3, 0.4) is 0 Å². The predicted octanol–water partition coefficient (Wildman–Crippen LogP) is 1.74. The average Bonchev–Trinajstić information content (AvgIpc) is 2.76. The molecular weight excluding hydrogens is 206 g/mol. The maximum Gasteiger partial charge on any atom is 0.317 e. The molecule has 94 valence electrons. The topological polar surface area (TPSA) is 49.8 Å². The fourth-order valence-corrected chi connectivity index (χ4v) is 2.59. The van der Waals surface area contributed by atoms with Crippen LogP contribution in [0, 0.1) is 0 Å². The van der Waals surface area contributed by atoms with Crippen molar-refractivity contribution in [1.29, 1.82) is 0 Å². The van der Waals surface area contributed by atoms with Crippen LogP contribution in [0.4, 0.5) is 0 Å². The van der Waals surface area contributed by atoms with Crippen LogP contribution >= 0.6 is 0 Å². The van der Waals surface area contributed by atoms with Crippen molar-refractivity contribution < 1.29 is 14.6 Å². The minimum Gasteiger partial charge on any atom is -0.480 e. The van der Waals surface area contributed by atoms with Gasteiger partial charge >= 0.3 is 5.97 Å². The summed E-state index contributed by atoms with van der Waals surface area (Å²) in [4.78, 5) is 13.0. The fraction of sp³-hybridized carbons (Fsp3) is 0.917. The summed E-state index contributed by atoms with van der Waals surface area (Å²) in [6, 6.07) is 0.681. The second-order valence-corrected chi connectivity index (χ2v) is 4.52. The molecule has 0 spiro atoms. The highest BCUT2D eigenvalue weighted by Gasteiger charge is 2.29. The van der Waals surface area contributed by atoms with Gasteiger partial charge in [-0.05, 0) is 19.3 Å². The van der Waals surface area contributed by atoms with Gasteiger partial charge in [0, 0.05) is 19.2 Å². The highest BCUT2D eigenvalue weighted by atomic mass is 16.5. The van der Waals surface area contributed by atoms with Crippen molar-refractivity contribution in [2.75, 3.05) is 20.3 Å². The van der Waals surface area contributed by atoms with Crippen LogP contribution in [0.25, 0.3) is 0 Å². The lowest BCUT2D eigenvalue weighted by atomic mass is 10.1. The number of rotatable bonds is 7. The molecule has 0 aromatic heterocycles. The number of methoxy groups -OCH3 is 1. The summed E-state index contributed by atoms with van der Waals surface area (Å²) >= 11 is 0. The molecule has 1 unspecified atom stereocenters. The van der Waals surface area contributed by atoms with E-state index in [1.54, 1.807) is 7.11 Å². The summed E-state index contributed by atoms with van der Waals surface area (Å²) in [5.41, 5.74) is 0. The van der Waals surface area contributed by atoms with Crippen molar-refractivity contribution in [2.24, 2.45) is 0 Å². The monoisotopic (exact) mass is 229 g/mol. The lowest BCUT2D eigenvalue weighted by Crippen LogP contribution is -2.46. The summed E-state index contributed by atoms with van der Waals surface area (Å²) in [7, 11) is 1.68. The first-order valence-electron chi connectivity index (χ1n) is 6.15. The number of hydrogen-bond donors (Lipinski definition) is 1. The zero-order chi connectivity index (χ0) is 12.0. The molecule has 0 amide bonds. The quantitative estimate of drug-likeness (QED) is 0.722. The largest absolute Gasteiger partial charge is 0.480 e. The van der Waals surface area contributed by atoms with Gasteiger partial charge in [0.15, 0.2) is 0 Å². The van der Waals surface area contributed by atoms with Gasteiger partial charge in [-0.25, -0.2) is 0 Å². The Hall–Kier alpha value is -0.610. The van der Waals surface area contributed by atoms with Gasteiger partial charge in [-0.3, -0.25) is 9.69 Å². The molecule has 1 saturated carbocycles. The standard InChI is InChI=1S/C12H23NO3/c1-3-10(9-16-2)13(8-12(14)15)11-6-4-5-7-11/h10-11H,3-9H2,1-2H3,(H,14,15). The van der Waals surface area contributed by atoms with Gasteiger partial charge in [0.25, 0.3) is 0 Å².